The molecule has 0 unspecified atom stereocenters. The van der Waals surface area contributed by atoms with E-state index in [2.05, 4.69) is 10.3 Å². The van der Waals surface area contributed by atoms with E-state index in [4.69, 9.17) is 45.3 Å². The van der Waals surface area contributed by atoms with Crippen LogP contribution in [0.1, 0.15) is 31.3 Å². The molecule has 8 nitrogen and oxygen atoms in total. The number of halogens is 3. The Morgan fingerprint density at radius 2 is 1.71 bits per heavy atom. The molecule has 3 amide bonds. The first kappa shape index (κ1) is 20.3. The summed E-state index contributed by atoms with van der Waals surface area (Å²) in [5.74, 6) is -1.80. The molecule has 1 heterocycles. The molecule has 1 atom stereocenters. The highest BCUT2D eigenvalue weighted by Crippen LogP contribution is 2.32. The number of hydrogen-bond donors (Lipinski definition) is 3. The van der Waals surface area contributed by atoms with E-state index in [1.807, 2.05) is 5.32 Å². The number of H-pyrrole nitrogens is 1. The normalized spacial score (nSPS) is 11.8. The molecule has 24 heavy (non-hydrogen) atoms. The summed E-state index contributed by atoms with van der Waals surface area (Å²) in [4.78, 5) is 37.8. The molecule has 0 saturated carbocycles. The van der Waals surface area contributed by atoms with Gasteiger partial charge in [0.05, 0.1) is 5.69 Å². The van der Waals surface area contributed by atoms with Gasteiger partial charge in [0.25, 0.3) is 11.1 Å². The summed E-state index contributed by atoms with van der Waals surface area (Å²) in [7, 11) is 0. The molecule has 0 bridgehead atoms. The van der Waals surface area contributed by atoms with Crippen molar-refractivity contribution < 1.29 is 24.1 Å². The number of carbonyl (C=O) groups is 3. The second-order valence-electron chi connectivity index (χ2n) is 5.02. The van der Waals surface area contributed by atoms with E-state index in [1.165, 1.54) is 6.92 Å². The van der Waals surface area contributed by atoms with E-state index in [1.54, 1.807) is 13.8 Å². The Labute approximate surface area is 153 Å². The number of aromatic nitrogens is 1. The fourth-order valence-electron chi connectivity index (χ4n) is 1.49. The molecule has 5 N–H and O–H groups in total. The first-order valence-electron chi connectivity index (χ1n) is 6.72. The molecule has 0 spiro atoms. The predicted molar refractivity (Wildman–Crippen MR) is 89.1 cm³/mol. The second kappa shape index (κ2) is 8.36. The van der Waals surface area contributed by atoms with Crippen molar-refractivity contribution in [3.8, 4) is 0 Å². The van der Waals surface area contributed by atoms with Crippen LogP contribution in [0.3, 0.4) is 0 Å². The van der Waals surface area contributed by atoms with Gasteiger partial charge in [-0.15, -0.1) is 0 Å². The fraction of sp³-hybridized carbons (Fsp3) is 0.385. The van der Waals surface area contributed by atoms with Crippen molar-refractivity contribution in [3.05, 3.63) is 20.9 Å². The third-order valence-electron chi connectivity index (χ3n) is 2.63. The summed E-state index contributed by atoms with van der Waals surface area (Å²) >= 11 is 17.5. The Morgan fingerprint density at radius 3 is 2.25 bits per heavy atom. The minimum Gasteiger partial charge on any atom is -0.445 e. The number of nitrogens with one attached hydrogen (secondary N) is 3. The van der Waals surface area contributed by atoms with E-state index in [0.29, 0.717) is 0 Å². The molecule has 1 rings (SSSR count). The van der Waals surface area contributed by atoms with Crippen LogP contribution in [0.4, 0.5) is 10.5 Å². The maximum Gasteiger partial charge on any atom is 0.406 e. The average Bonchev–Trinajstić information content (AvgIpc) is 2.47. The highest BCUT2D eigenvalue weighted by atomic mass is 35.5. The van der Waals surface area contributed by atoms with E-state index < -0.39 is 24.0 Å². The third kappa shape index (κ3) is 5.12. The van der Waals surface area contributed by atoms with Gasteiger partial charge < -0.3 is 15.8 Å². The van der Waals surface area contributed by atoms with Crippen LogP contribution in [0.2, 0.25) is 15.2 Å². The quantitative estimate of drug-likeness (QED) is 0.527. The summed E-state index contributed by atoms with van der Waals surface area (Å²) in [6.07, 6.45) is -1.27. The van der Waals surface area contributed by atoms with E-state index in [-0.39, 0.29) is 32.6 Å². The zero-order chi connectivity index (χ0) is 18.6. The molecular formula is C13H16Cl3N4O4+. The molecule has 0 aromatic carbocycles. The largest absolute Gasteiger partial charge is 0.445 e. The number of hydrogen-bond acceptors (Lipinski definition) is 5. The summed E-state index contributed by atoms with van der Waals surface area (Å²) in [5.41, 5.74) is 5.24. The molecule has 0 saturated heterocycles. The minimum absolute atomic E-state index is 0.0469. The minimum atomic E-state index is -1.27. The number of pyridine rings is 1. The molecule has 0 radical (unpaired) electrons. The number of carbonyl (C=O) groups excluding carboxylic acids is 3. The zero-order valence-electron chi connectivity index (χ0n) is 13.0. The molecule has 132 valence electrons. The van der Waals surface area contributed by atoms with Crippen molar-refractivity contribution in [2.75, 3.05) is 5.73 Å². The Balaban J connectivity index is 2.81. The average molecular weight is 399 g/mol. The van der Waals surface area contributed by atoms with Gasteiger partial charge in [0.2, 0.25) is 0 Å². The Bertz CT molecular complexity index is 682. The van der Waals surface area contributed by atoms with Gasteiger partial charge in [0, 0.05) is 6.04 Å². The van der Waals surface area contributed by atoms with Gasteiger partial charge in [0.15, 0.2) is 6.10 Å². The van der Waals surface area contributed by atoms with Crippen LogP contribution >= 0.6 is 34.8 Å². The lowest BCUT2D eigenvalue weighted by atomic mass is 10.3. The molecule has 0 aliphatic rings. The highest BCUT2D eigenvalue weighted by Gasteiger charge is 2.30. The maximum atomic E-state index is 12.1. The number of anilines is 1. The molecule has 0 fully saturated rings. The number of esters is 1. The molecule has 1 aromatic heterocycles. The summed E-state index contributed by atoms with van der Waals surface area (Å²) < 4.78 is 4.93. The molecule has 11 heteroatoms. The van der Waals surface area contributed by atoms with Crippen LogP contribution in [0, 0.1) is 0 Å². The second-order valence-corrected chi connectivity index (χ2v) is 6.15. The van der Waals surface area contributed by atoms with Gasteiger partial charge >= 0.3 is 17.7 Å². The number of aromatic amines is 1. The highest BCUT2D eigenvalue weighted by molar-refractivity contribution is 6.45. The Morgan fingerprint density at radius 1 is 1.12 bits per heavy atom. The SMILES string of the molecule is CC(C)NC(=O)NC(=O)[C@@H](C)OC(=O)c1[nH+]c(Cl)c(Cl)c(N)c1Cl. The van der Waals surface area contributed by atoms with Crippen molar-refractivity contribution in [2.45, 2.75) is 32.9 Å². The van der Waals surface area contributed by atoms with Crippen LogP contribution in [-0.2, 0) is 9.53 Å². The van der Waals surface area contributed by atoms with Crippen LogP contribution in [-0.4, -0.2) is 30.1 Å². The number of rotatable bonds is 4. The van der Waals surface area contributed by atoms with Crippen molar-refractivity contribution in [2.24, 2.45) is 0 Å². The van der Waals surface area contributed by atoms with E-state index in [9.17, 15) is 14.4 Å². The standard InChI is InChI=1S/C13H15Cl3N4O4/c1-4(2)18-13(23)20-11(21)5(3)24-12(22)9-6(14)8(17)7(15)10(16)19-9/h4-5H,1-3H3,(H2,17,19)(H2,18,20,21,23)/p+1/t5-/m1/s1. The third-order valence-corrected chi connectivity index (χ3v) is 3.80. The van der Waals surface area contributed by atoms with Crippen LogP contribution in [0.5, 0.6) is 0 Å². The van der Waals surface area contributed by atoms with Gasteiger partial charge in [-0.3, -0.25) is 10.1 Å². The predicted octanol–water partition coefficient (Wildman–Crippen LogP) is 1.82. The number of amides is 3. The van der Waals surface area contributed by atoms with Gasteiger partial charge in [-0.2, -0.15) is 4.98 Å². The lowest BCUT2D eigenvalue weighted by Crippen LogP contribution is -2.46. The van der Waals surface area contributed by atoms with Gasteiger partial charge in [0.1, 0.15) is 10.0 Å². The smallest absolute Gasteiger partial charge is 0.406 e. The number of imide groups is 1. The van der Waals surface area contributed by atoms with Gasteiger partial charge in [-0.1, -0.05) is 23.2 Å². The molecular weight excluding hydrogens is 383 g/mol. The van der Waals surface area contributed by atoms with Gasteiger partial charge in [-0.25, -0.2) is 9.59 Å². The number of urea groups is 1. The number of nitrogen functional groups attached to an aromatic ring is 1. The van der Waals surface area contributed by atoms with E-state index >= 15 is 0 Å². The number of ether oxygens (including phenoxy) is 1. The van der Waals surface area contributed by atoms with Gasteiger partial charge in [-0.05, 0) is 32.4 Å². The van der Waals surface area contributed by atoms with Crippen LogP contribution in [0.25, 0.3) is 0 Å². The maximum absolute atomic E-state index is 12.1. The Kier molecular flexibility index (Phi) is 7.07. The Hall–Kier alpha value is -1.77. The summed E-state index contributed by atoms with van der Waals surface area (Å²) in [5, 5.41) is 4.14. The lowest BCUT2D eigenvalue weighted by molar-refractivity contribution is -0.380. The van der Waals surface area contributed by atoms with Crippen LogP contribution in [0.15, 0.2) is 0 Å². The first-order chi connectivity index (χ1) is 11.0. The molecule has 0 aliphatic carbocycles. The zero-order valence-corrected chi connectivity index (χ0v) is 15.3. The van der Waals surface area contributed by atoms with Crippen molar-refractivity contribution in [1.82, 2.24) is 10.6 Å². The van der Waals surface area contributed by atoms with Crippen LogP contribution < -0.4 is 21.4 Å². The topological polar surface area (TPSA) is 125 Å². The molecule has 0 aliphatic heterocycles. The monoisotopic (exact) mass is 397 g/mol. The fourth-order valence-corrected chi connectivity index (χ4v) is 2.10. The van der Waals surface area contributed by atoms with E-state index in [0.717, 1.165) is 0 Å². The number of nitrogens with two attached hydrogens (primary N) is 1. The van der Waals surface area contributed by atoms with Crippen molar-refractivity contribution in [3.63, 3.8) is 0 Å². The van der Waals surface area contributed by atoms with Crippen molar-refractivity contribution in [1.29, 1.82) is 0 Å². The summed E-state index contributed by atoms with van der Waals surface area (Å²) in [6.45, 7) is 4.73. The summed E-state index contributed by atoms with van der Waals surface area (Å²) in [6, 6.07) is -0.871. The molecule has 1 aromatic rings. The van der Waals surface area contributed by atoms with Crippen molar-refractivity contribution >= 4 is 58.4 Å². The lowest BCUT2D eigenvalue weighted by Gasteiger charge is -2.13. The first-order valence-corrected chi connectivity index (χ1v) is 7.85.